The van der Waals surface area contributed by atoms with Crippen molar-refractivity contribution in [1.82, 2.24) is 10.2 Å². The zero-order valence-corrected chi connectivity index (χ0v) is 13.3. The van der Waals surface area contributed by atoms with Gasteiger partial charge in [0, 0.05) is 12.4 Å². The molecule has 0 aliphatic carbocycles. The van der Waals surface area contributed by atoms with Crippen molar-refractivity contribution in [3.8, 4) is 0 Å². The Morgan fingerprint density at radius 3 is 3.09 bits per heavy atom. The first-order valence-corrected chi connectivity index (χ1v) is 8.65. The molecule has 1 aliphatic rings. The van der Waals surface area contributed by atoms with E-state index in [4.69, 9.17) is 4.74 Å². The molecular formula is C14H14FN3O2S2. The van der Waals surface area contributed by atoms with E-state index in [0.717, 1.165) is 12.8 Å². The molecule has 0 bridgehead atoms. The minimum atomic E-state index is -0.390. The summed E-state index contributed by atoms with van der Waals surface area (Å²) in [5, 5.41) is 11.1. The molecule has 1 amide bonds. The van der Waals surface area contributed by atoms with E-state index in [9.17, 15) is 9.18 Å². The van der Waals surface area contributed by atoms with E-state index in [2.05, 4.69) is 15.5 Å². The van der Waals surface area contributed by atoms with Crippen LogP contribution in [0.3, 0.4) is 0 Å². The van der Waals surface area contributed by atoms with Crippen LogP contribution in [-0.4, -0.2) is 28.8 Å². The summed E-state index contributed by atoms with van der Waals surface area (Å²) in [6, 6.07) is 6.63. The Morgan fingerprint density at radius 2 is 2.32 bits per heavy atom. The fourth-order valence-corrected chi connectivity index (χ4v) is 3.79. The molecule has 22 heavy (non-hydrogen) atoms. The second-order valence-corrected chi connectivity index (χ2v) is 6.94. The number of hydrogen-bond donors (Lipinski definition) is 1. The van der Waals surface area contributed by atoms with E-state index in [-0.39, 0.29) is 11.7 Å². The number of nitrogens with zero attached hydrogens (tertiary/aromatic N) is 2. The number of benzene rings is 1. The lowest BCUT2D eigenvalue weighted by atomic mass is 10.2. The summed E-state index contributed by atoms with van der Waals surface area (Å²) >= 11 is 2.67. The monoisotopic (exact) mass is 339 g/mol. The molecule has 0 unspecified atom stereocenters. The summed E-state index contributed by atoms with van der Waals surface area (Å²) in [5.41, 5.74) is 0.618. The van der Waals surface area contributed by atoms with E-state index >= 15 is 0 Å². The van der Waals surface area contributed by atoms with Gasteiger partial charge in [0.1, 0.15) is 11.9 Å². The number of carbonyl (C=O) groups excluding carboxylic acids is 1. The number of amides is 1. The molecular weight excluding hydrogens is 325 g/mol. The highest BCUT2D eigenvalue weighted by atomic mass is 32.2. The van der Waals surface area contributed by atoms with Crippen LogP contribution in [0.2, 0.25) is 0 Å². The summed E-state index contributed by atoms with van der Waals surface area (Å²) in [4.78, 5) is 11.9. The maximum Gasteiger partial charge on any atom is 0.255 e. The number of anilines is 1. The van der Waals surface area contributed by atoms with Gasteiger partial charge in [-0.05, 0) is 24.5 Å². The van der Waals surface area contributed by atoms with Crippen LogP contribution in [0.5, 0.6) is 0 Å². The number of nitrogens with one attached hydrogen (secondary N) is 1. The fraction of sp³-hybridized carbons (Fsp3) is 0.357. The molecule has 0 saturated carbocycles. The van der Waals surface area contributed by atoms with Crippen LogP contribution >= 0.6 is 23.1 Å². The second-order valence-electron chi connectivity index (χ2n) is 4.74. The number of thioether (sulfide) groups is 1. The largest absolute Gasteiger partial charge is 0.368 e. The third kappa shape index (κ3) is 3.82. The molecule has 1 aliphatic heterocycles. The van der Waals surface area contributed by atoms with Crippen molar-refractivity contribution in [1.29, 1.82) is 0 Å². The minimum Gasteiger partial charge on any atom is -0.368 e. The number of carbonyl (C=O) groups is 1. The molecule has 1 fully saturated rings. The van der Waals surface area contributed by atoms with Crippen molar-refractivity contribution in [3.63, 3.8) is 0 Å². The van der Waals surface area contributed by atoms with E-state index in [1.807, 2.05) is 0 Å². The smallest absolute Gasteiger partial charge is 0.255 e. The molecule has 0 spiro atoms. The van der Waals surface area contributed by atoms with E-state index in [0.29, 0.717) is 27.4 Å². The SMILES string of the molecule is O=C(Nc1nnc(SCc2ccccc2F)s1)[C@@H]1CCCO1. The predicted octanol–water partition coefficient (Wildman–Crippen LogP) is 3.09. The average Bonchev–Trinajstić information content (AvgIpc) is 3.18. The van der Waals surface area contributed by atoms with Gasteiger partial charge < -0.3 is 4.74 Å². The highest BCUT2D eigenvalue weighted by Gasteiger charge is 2.24. The van der Waals surface area contributed by atoms with E-state index in [1.165, 1.54) is 29.2 Å². The molecule has 1 aromatic heterocycles. The van der Waals surface area contributed by atoms with Crippen LogP contribution in [0.25, 0.3) is 0 Å². The minimum absolute atomic E-state index is 0.181. The topological polar surface area (TPSA) is 64.1 Å². The Morgan fingerprint density at radius 1 is 1.45 bits per heavy atom. The van der Waals surface area contributed by atoms with E-state index in [1.54, 1.807) is 18.2 Å². The molecule has 1 N–H and O–H groups in total. The van der Waals surface area contributed by atoms with Crippen LogP contribution in [-0.2, 0) is 15.3 Å². The van der Waals surface area contributed by atoms with Crippen molar-refractivity contribution in [2.75, 3.05) is 11.9 Å². The first-order valence-electron chi connectivity index (χ1n) is 6.84. The van der Waals surface area contributed by atoms with Crippen molar-refractivity contribution in [2.45, 2.75) is 29.0 Å². The predicted molar refractivity (Wildman–Crippen MR) is 83.5 cm³/mol. The van der Waals surface area contributed by atoms with Crippen LogP contribution in [0.15, 0.2) is 28.6 Å². The maximum absolute atomic E-state index is 13.5. The van der Waals surface area contributed by atoms with Crippen LogP contribution in [0.4, 0.5) is 9.52 Å². The third-order valence-corrected chi connectivity index (χ3v) is 5.19. The number of aromatic nitrogens is 2. The number of rotatable bonds is 5. The Hall–Kier alpha value is -1.51. The summed E-state index contributed by atoms with van der Waals surface area (Å²) in [7, 11) is 0. The summed E-state index contributed by atoms with van der Waals surface area (Å²) in [5.74, 6) is 0.0618. The molecule has 3 rings (SSSR count). The van der Waals surface area contributed by atoms with Gasteiger partial charge in [0.2, 0.25) is 5.13 Å². The highest BCUT2D eigenvalue weighted by Crippen LogP contribution is 2.29. The van der Waals surface area contributed by atoms with Gasteiger partial charge in [-0.2, -0.15) is 0 Å². The number of hydrogen-bond acceptors (Lipinski definition) is 6. The molecule has 2 heterocycles. The van der Waals surface area contributed by atoms with Crippen LogP contribution in [0, 0.1) is 5.82 Å². The number of ether oxygens (including phenoxy) is 1. The first kappa shape index (κ1) is 15.4. The highest BCUT2D eigenvalue weighted by molar-refractivity contribution is 8.00. The molecule has 1 atom stereocenters. The van der Waals surface area contributed by atoms with Crippen molar-refractivity contribution >= 4 is 34.1 Å². The third-order valence-electron chi connectivity index (χ3n) is 3.17. The second kappa shape index (κ2) is 7.17. The molecule has 116 valence electrons. The van der Waals surface area contributed by atoms with Gasteiger partial charge in [-0.1, -0.05) is 41.3 Å². The summed E-state index contributed by atoms with van der Waals surface area (Å²) in [6.45, 7) is 0.623. The normalized spacial score (nSPS) is 17.6. The molecule has 5 nitrogen and oxygen atoms in total. The van der Waals surface area contributed by atoms with Gasteiger partial charge in [-0.3, -0.25) is 10.1 Å². The van der Waals surface area contributed by atoms with E-state index < -0.39 is 6.10 Å². The molecule has 1 aromatic carbocycles. The quantitative estimate of drug-likeness (QED) is 0.670. The van der Waals surface area contributed by atoms with Crippen LogP contribution < -0.4 is 5.32 Å². The van der Waals surface area contributed by atoms with Gasteiger partial charge in [-0.15, -0.1) is 10.2 Å². The lowest BCUT2D eigenvalue weighted by molar-refractivity contribution is -0.124. The van der Waals surface area contributed by atoms with Gasteiger partial charge >= 0.3 is 0 Å². The lowest BCUT2D eigenvalue weighted by Crippen LogP contribution is -2.26. The first-order chi connectivity index (χ1) is 10.7. The zero-order valence-electron chi connectivity index (χ0n) is 11.6. The zero-order chi connectivity index (χ0) is 15.4. The molecule has 0 radical (unpaired) electrons. The van der Waals surface area contributed by atoms with Crippen molar-refractivity contribution in [2.24, 2.45) is 0 Å². The molecule has 1 saturated heterocycles. The lowest BCUT2D eigenvalue weighted by Gasteiger charge is -2.06. The van der Waals surface area contributed by atoms with Crippen molar-refractivity contribution in [3.05, 3.63) is 35.6 Å². The Labute approximate surface area is 135 Å². The summed E-state index contributed by atoms with van der Waals surface area (Å²) in [6.07, 6.45) is 1.25. The van der Waals surface area contributed by atoms with Gasteiger partial charge in [0.25, 0.3) is 5.91 Å². The van der Waals surface area contributed by atoms with Gasteiger partial charge in [0.05, 0.1) is 0 Å². The Balaban J connectivity index is 1.55. The maximum atomic E-state index is 13.5. The molecule has 8 heteroatoms. The Kier molecular flexibility index (Phi) is 5.01. The average molecular weight is 339 g/mol. The standard InChI is InChI=1S/C14H14FN3O2S2/c15-10-5-2-1-4-9(10)8-21-14-18-17-13(22-14)16-12(19)11-6-3-7-20-11/h1-2,4-5,11H,3,6-8H2,(H,16,17,19)/t11-/m0/s1. The summed E-state index contributed by atoms with van der Waals surface area (Å²) < 4.78 is 19.5. The number of halogens is 1. The Bertz CT molecular complexity index is 659. The van der Waals surface area contributed by atoms with Crippen molar-refractivity contribution < 1.29 is 13.9 Å². The fourth-order valence-electron chi connectivity index (χ4n) is 2.04. The van der Waals surface area contributed by atoms with Crippen LogP contribution in [0.1, 0.15) is 18.4 Å². The van der Waals surface area contributed by atoms with Gasteiger partial charge in [0.15, 0.2) is 4.34 Å². The molecule has 2 aromatic rings. The van der Waals surface area contributed by atoms with Gasteiger partial charge in [-0.25, -0.2) is 4.39 Å².